The molecule has 1 N–H and O–H groups in total. The van der Waals surface area contributed by atoms with Crippen LogP contribution in [0.1, 0.15) is 13.8 Å². The summed E-state index contributed by atoms with van der Waals surface area (Å²) in [5.74, 6) is -2.63. The molecule has 1 aromatic rings. The van der Waals surface area contributed by atoms with E-state index in [0.717, 1.165) is 12.1 Å². The molecule has 3 nitrogen and oxygen atoms in total. The van der Waals surface area contributed by atoms with E-state index >= 15 is 0 Å². The van der Waals surface area contributed by atoms with Crippen molar-refractivity contribution in [2.75, 3.05) is 12.4 Å². The van der Waals surface area contributed by atoms with Gasteiger partial charge in [0, 0.05) is 12.0 Å². The van der Waals surface area contributed by atoms with E-state index in [-0.39, 0.29) is 17.3 Å². The van der Waals surface area contributed by atoms with Crippen LogP contribution in [-0.2, 0) is 9.84 Å². The number of aliphatic hydroxyl groups excluding tert-OH is 1. The second-order valence-corrected chi connectivity index (χ2v) is 6.65. The fourth-order valence-electron chi connectivity index (χ4n) is 1.31. The summed E-state index contributed by atoms with van der Waals surface area (Å²) in [5, 5.41) is 9.00. The molecule has 0 atom stereocenters. The third-order valence-corrected chi connectivity index (χ3v) is 4.39. The highest BCUT2D eigenvalue weighted by Crippen LogP contribution is 2.23. The Morgan fingerprint density at radius 1 is 1.24 bits per heavy atom. The first-order valence-corrected chi connectivity index (χ1v) is 6.62. The fourth-order valence-corrected chi connectivity index (χ4v) is 3.16. The van der Waals surface area contributed by atoms with Crippen LogP contribution in [0.4, 0.5) is 8.78 Å². The van der Waals surface area contributed by atoms with Gasteiger partial charge in [0.2, 0.25) is 0 Å². The molecule has 0 saturated heterocycles. The number of sulfone groups is 1. The van der Waals surface area contributed by atoms with E-state index in [0.29, 0.717) is 6.07 Å². The Morgan fingerprint density at radius 3 is 2.29 bits per heavy atom. The summed E-state index contributed by atoms with van der Waals surface area (Å²) in [4.78, 5) is -0.280. The predicted molar refractivity (Wildman–Crippen MR) is 59.3 cm³/mol. The Kier molecular flexibility index (Phi) is 3.88. The molecule has 0 spiro atoms. The van der Waals surface area contributed by atoms with Gasteiger partial charge in [-0.25, -0.2) is 17.2 Å². The zero-order valence-electron chi connectivity index (χ0n) is 9.57. The molecule has 0 saturated carbocycles. The molecule has 0 amide bonds. The van der Waals surface area contributed by atoms with E-state index in [2.05, 4.69) is 0 Å². The molecular weight excluding hydrogens is 250 g/mol. The quantitative estimate of drug-likeness (QED) is 0.843. The fraction of sp³-hybridized carbons (Fsp3) is 0.455. The van der Waals surface area contributed by atoms with Crippen LogP contribution in [-0.4, -0.2) is 25.9 Å². The predicted octanol–water partition coefficient (Wildman–Crippen LogP) is 1.76. The molecule has 0 heterocycles. The molecule has 0 radical (unpaired) electrons. The number of aliphatic hydroxyl groups is 1. The Hall–Kier alpha value is -1.01. The Labute approximate surface area is 99.0 Å². The van der Waals surface area contributed by atoms with E-state index in [1.54, 1.807) is 13.8 Å². The van der Waals surface area contributed by atoms with Crippen LogP contribution in [0.5, 0.6) is 0 Å². The highest BCUT2D eigenvalue weighted by Gasteiger charge is 2.27. The van der Waals surface area contributed by atoms with Crippen molar-refractivity contribution in [3.8, 4) is 0 Å². The average molecular weight is 264 g/mol. The van der Waals surface area contributed by atoms with Gasteiger partial charge in [0.25, 0.3) is 0 Å². The van der Waals surface area contributed by atoms with Crippen molar-refractivity contribution >= 4 is 9.84 Å². The Bertz CT molecular complexity index is 509. The van der Waals surface area contributed by atoms with Crippen molar-refractivity contribution < 1.29 is 22.3 Å². The van der Waals surface area contributed by atoms with Crippen LogP contribution in [0.3, 0.4) is 0 Å². The number of halogens is 2. The summed E-state index contributed by atoms with van der Waals surface area (Å²) in [6.07, 6.45) is 0. The Balaban J connectivity index is 3.10. The van der Waals surface area contributed by atoms with E-state index < -0.39 is 26.9 Å². The minimum atomic E-state index is -3.74. The maximum Gasteiger partial charge on any atom is 0.179 e. The molecule has 0 aliphatic heterocycles. The van der Waals surface area contributed by atoms with Crippen LogP contribution in [0.2, 0.25) is 0 Å². The molecule has 96 valence electrons. The summed E-state index contributed by atoms with van der Waals surface area (Å²) in [6.45, 7) is 2.84. The lowest BCUT2D eigenvalue weighted by atomic mass is 9.98. The highest BCUT2D eigenvalue weighted by atomic mass is 32.2. The standard InChI is InChI=1S/C11H14F2O3S/c1-11(2,6-14)7-17(15,16)8-3-4-9(12)10(13)5-8/h3-5,14H,6-7H2,1-2H3. The summed E-state index contributed by atoms with van der Waals surface area (Å²) >= 11 is 0. The van der Waals surface area contributed by atoms with Gasteiger partial charge in [-0.2, -0.15) is 0 Å². The van der Waals surface area contributed by atoms with Crippen molar-refractivity contribution in [1.29, 1.82) is 0 Å². The summed E-state index contributed by atoms with van der Waals surface area (Å²) < 4.78 is 49.4. The first-order chi connectivity index (χ1) is 7.68. The lowest BCUT2D eigenvalue weighted by Crippen LogP contribution is -2.27. The first kappa shape index (κ1) is 14.1. The Morgan fingerprint density at radius 2 is 1.82 bits per heavy atom. The number of rotatable bonds is 4. The van der Waals surface area contributed by atoms with Gasteiger partial charge in [0.15, 0.2) is 21.5 Å². The van der Waals surface area contributed by atoms with Gasteiger partial charge in [-0.1, -0.05) is 13.8 Å². The summed E-state index contributed by atoms with van der Waals surface area (Å²) in [6, 6.07) is 2.44. The molecule has 6 heteroatoms. The lowest BCUT2D eigenvalue weighted by molar-refractivity contribution is 0.179. The highest BCUT2D eigenvalue weighted by molar-refractivity contribution is 7.91. The van der Waals surface area contributed by atoms with Crippen molar-refractivity contribution in [3.63, 3.8) is 0 Å². The van der Waals surface area contributed by atoms with Crippen LogP contribution < -0.4 is 0 Å². The van der Waals surface area contributed by atoms with Gasteiger partial charge in [-0.15, -0.1) is 0 Å². The van der Waals surface area contributed by atoms with Crippen LogP contribution in [0, 0.1) is 17.0 Å². The van der Waals surface area contributed by atoms with E-state index in [9.17, 15) is 17.2 Å². The van der Waals surface area contributed by atoms with Crippen LogP contribution >= 0.6 is 0 Å². The van der Waals surface area contributed by atoms with E-state index in [1.165, 1.54) is 0 Å². The lowest BCUT2D eigenvalue weighted by Gasteiger charge is -2.21. The molecule has 0 aliphatic carbocycles. The minimum absolute atomic E-state index is 0.280. The topological polar surface area (TPSA) is 54.4 Å². The third kappa shape index (κ3) is 3.47. The molecule has 1 aromatic carbocycles. The number of benzene rings is 1. The van der Waals surface area contributed by atoms with Crippen molar-refractivity contribution in [3.05, 3.63) is 29.8 Å². The second-order valence-electron chi connectivity index (χ2n) is 4.66. The average Bonchev–Trinajstić information content (AvgIpc) is 2.20. The van der Waals surface area contributed by atoms with Gasteiger partial charge in [-0.3, -0.25) is 0 Å². The molecule has 17 heavy (non-hydrogen) atoms. The van der Waals surface area contributed by atoms with Crippen molar-refractivity contribution in [2.45, 2.75) is 18.7 Å². The zero-order valence-corrected chi connectivity index (χ0v) is 10.4. The maximum atomic E-state index is 12.9. The molecule has 0 aliphatic rings. The largest absolute Gasteiger partial charge is 0.396 e. The molecule has 0 unspecified atom stereocenters. The molecular formula is C11H14F2O3S. The molecule has 1 rings (SSSR count). The third-order valence-electron chi connectivity index (χ3n) is 2.26. The maximum absolute atomic E-state index is 12.9. The van der Waals surface area contributed by atoms with Gasteiger partial charge < -0.3 is 5.11 Å². The van der Waals surface area contributed by atoms with E-state index in [4.69, 9.17) is 5.11 Å². The van der Waals surface area contributed by atoms with Crippen LogP contribution in [0.25, 0.3) is 0 Å². The van der Waals surface area contributed by atoms with Gasteiger partial charge in [0.1, 0.15) is 0 Å². The summed E-state index contributed by atoms with van der Waals surface area (Å²) in [7, 11) is -3.74. The van der Waals surface area contributed by atoms with Crippen molar-refractivity contribution in [1.82, 2.24) is 0 Å². The second kappa shape index (κ2) is 4.70. The number of hydrogen-bond donors (Lipinski definition) is 1. The van der Waals surface area contributed by atoms with Gasteiger partial charge in [-0.05, 0) is 18.2 Å². The molecule has 0 fully saturated rings. The smallest absolute Gasteiger partial charge is 0.179 e. The van der Waals surface area contributed by atoms with Gasteiger partial charge in [0.05, 0.1) is 10.6 Å². The van der Waals surface area contributed by atoms with E-state index in [1.807, 2.05) is 0 Å². The van der Waals surface area contributed by atoms with Gasteiger partial charge >= 0.3 is 0 Å². The monoisotopic (exact) mass is 264 g/mol. The number of hydrogen-bond acceptors (Lipinski definition) is 3. The molecule has 0 bridgehead atoms. The minimum Gasteiger partial charge on any atom is -0.396 e. The molecule has 0 aromatic heterocycles. The normalized spacial score (nSPS) is 12.8. The zero-order chi connectivity index (χ0) is 13.3. The SMILES string of the molecule is CC(C)(CO)CS(=O)(=O)c1ccc(F)c(F)c1. The summed E-state index contributed by atoms with van der Waals surface area (Å²) in [5.41, 5.74) is -0.830. The van der Waals surface area contributed by atoms with Crippen LogP contribution in [0.15, 0.2) is 23.1 Å². The first-order valence-electron chi connectivity index (χ1n) is 4.97. The van der Waals surface area contributed by atoms with Crippen molar-refractivity contribution in [2.24, 2.45) is 5.41 Å².